The van der Waals surface area contributed by atoms with Gasteiger partial charge in [0.2, 0.25) is 0 Å². The minimum absolute atomic E-state index is 0.00599. The fourth-order valence-electron chi connectivity index (χ4n) is 2.03. The normalized spacial score (nSPS) is 14.1. The van der Waals surface area contributed by atoms with Crippen LogP contribution in [0, 0.1) is 0 Å². The number of hydrogen-bond donors (Lipinski definition) is 2. The summed E-state index contributed by atoms with van der Waals surface area (Å²) in [4.78, 5) is 18.6. The van der Waals surface area contributed by atoms with E-state index in [2.05, 4.69) is 0 Å². The summed E-state index contributed by atoms with van der Waals surface area (Å²) in [6.07, 6.45) is -0.00599. The summed E-state index contributed by atoms with van der Waals surface area (Å²) >= 11 is 30.9. The molecule has 1 atom stereocenters. The Hall–Kier alpha value is 0.200. The molecule has 2 aromatic carbocycles. The molecule has 0 heterocycles. The van der Waals surface area contributed by atoms with Crippen LogP contribution in [-0.2, 0) is 16.0 Å². The van der Waals surface area contributed by atoms with Crippen molar-refractivity contribution in [2.75, 3.05) is 0 Å². The van der Waals surface area contributed by atoms with E-state index < -0.39 is 13.7 Å². The lowest BCUT2D eigenvalue weighted by atomic mass is 10.0. The van der Waals surface area contributed by atoms with Crippen LogP contribution in [0.2, 0.25) is 20.1 Å². The van der Waals surface area contributed by atoms with Crippen molar-refractivity contribution < 1.29 is 14.3 Å². The quantitative estimate of drug-likeness (QED) is 0.438. The van der Waals surface area contributed by atoms with Gasteiger partial charge in [-0.25, -0.2) is 0 Å². The Morgan fingerprint density at radius 2 is 1.48 bits per heavy atom. The van der Waals surface area contributed by atoms with Crippen LogP contribution < -0.4 is 0 Å². The first-order chi connectivity index (χ1) is 10.7. The van der Waals surface area contributed by atoms with Crippen molar-refractivity contribution in [1.82, 2.24) is 0 Å². The van der Waals surface area contributed by atoms with E-state index >= 15 is 0 Å². The van der Waals surface area contributed by atoms with E-state index in [0.717, 1.165) is 0 Å². The highest BCUT2D eigenvalue weighted by Crippen LogP contribution is 2.48. The fourth-order valence-corrected chi connectivity index (χ4v) is 3.82. The van der Waals surface area contributed by atoms with Crippen LogP contribution in [0.3, 0.4) is 0 Å². The number of alkyl halides is 1. The van der Waals surface area contributed by atoms with Gasteiger partial charge in [0.15, 0.2) is 5.06 Å². The lowest BCUT2D eigenvalue weighted by molar-refractivity contribution is 0.133. The number of hydrogen-bond acceptors (Lipinski definition) is 3. The Morgan fingerprint density at radius 1 is 0.913 bits per heavy atom. The van der Waals surface area contributed by atoms with E-state index in [4.69, 9.17) is 62.5 Å². The molecular formula is C14H10Cl5O3P. The maximum Gasteiger partial charge on any atom is 0.329 e. The molecule has 0 saturated carbocycles. The van der Waals surface area contributed by atoms with Crippen LogP contribution in [0.1, 0.15) is 11.1 Å². The predicted octanol–water partition coefficient (Wildman–Crippen LogP) is 6.16. The van der Waals surface area contributed by atoms with Crippen LogP contribution in [0.4, 0.5) is 0 Å². The zero-order valence-electron chi connectivity index (χ0n) is 11.3. The molecule has 9 heteroatoms. The second kappa shape index (κ2) is 8.05. The molecule has 0 fully saturated rings. The first kappa shape index (κ1) is 19.5. The topological polar surface area (TPSA) is 49.7 Å². The molecule has 124 valence electrons. The molecule has 0 aromatic heterocycles. The van der Waals surface area contributed by atoms with Crippen LogP contribution in [-0.4, -0.2) is 9.79 Å². The van der Waals surface area contributed by atoms with Gasteiger partial charge in [0.25, 0.3) is 0 Å². The molecule has 2 rings (SSSR count). The second-order valence-corrected chi connectivity index (χ2v) is 7.43. The van der Waals surface area contributed by atoms with Crippen molar-refractivity contribution in [3.63, 3.8) is 0 Å². The Kier molecular flexibility index (Phi) is 6.84. The van der Waals surface area contributed by atoms with Gasteiger partial charge in [-0.05, 0) is 17.7 Å². The van der Waals surface area contributed by atoms with Gasteiger partial charge in [0, 0.05) is 12.0 Å². The van der Waals surface area contributed by atoms with Crippen LogP contribution >= 0.6 is 66.6 Å². The molecule has 0 aliphatic carbocycles. The minimum atomic E-state index is -2.76. The third-order valence-corrected chi connectivity index (χ3v) is 5.70. The third kappa shape index (κ3) is 4.64. The third-order valence-electron chi connectivity index (χ3n) is 3.03. The Labute approximate surface area is 159 Å². The van der Waals surface area contributed by atoms with Crippen molar-refractivity contribution in [1.29, 1.82) is 0 Å². The van der Waals surface area contributed by atoms with Gasteiger partial charge in [-0.1, -0.05) is 82.3 Å². The summed E-state index contributed by atoms with van der Waals surface area (Å²) in [5, 5.41) is -0.628. The highest BCUT2D eigenvalue weighted by Gasteiger charge is 2.37. The molecule has 0 aliphatic heterocycles. The lowest BCUT2D eigenvalue weighted by Crippen LogP contribution is -2.25. The summed E-state index contributed by atoms with van der Waals surface area (Å²) in [7, 11) is -2.76. The van der Waals surface area contributed by atoms with Crippen molar-refractivity contribution in [2.24, 2.45) is 0 Å². The molecule has 0 amide bonds. The monoisotopic (exact) mass is 432 g/mol. The van der Waals surface area contributed by atoms with Gasteiger partial charge < -0.3 is 9.79 Å². The second-order valence-electron chi connectivity index (χ2n) is 4.56. The summed E-state index contributed by atoms with van der Waals surface area (Å²) < 4.78 is 5.16. The van der Waals surface area contributed by atoms with E-state index in [1.807, 2.05) is 0 Å². The highest BCUT2D eigenvalue weighted by atomic mass is 35.5. The highest BCUT2D eigenvalue weighted by molar-refractivity contribution is 7.39. The first-order valence-corrected chi connectivity index (χ1v) is 9.23. The summed E-state index contributed by atoms with van der Waals surface area (Å²) in [6, 6.07) is 9.81. The number of benzene rings is 2. The molecule has 0 aliphatic rings. The van der Waals surface area contributed by atoms with Crippen molar-refractivity contribution in [3.8, 4) is 0 Å². The van der Waals surface area contributed by atoms with E-state index in [9.17, 15) is 9.79 Å². The Balaban J connectivity index is 2.51. The SMILES string of the molecule is OP(O)OC(Cl)(Cc1cccc(Cl)c1Cl)c1cccc(Cl)c1Cl. The summed E-state index contributed by atoms with van der Waals surface area (Å²) in [5.41, 5.74) is 0.849. The Morgan fingerprint density at radius 3 is 2.09 bits per heavy atom. The maximum atomic E-state index is 9.29. The van der Waals surface area contributed by atoms with Gasteiger partial charge in [-0.2, -0.15) is 0 Å². The average molecular weight is 434 g/mol. The van der Waals surface area contributed by atoms with E-state index in [0.29, 0.717) is 21.2 Å². The van der Waals surface area contributed by atoms with Gasteiger partial charge in [-0.3, -0.25) is 4.52 Å². The first-order valence-electron chi connectivity index (χ1n) is 6.18. The zero-order chi connectivity index (χ0) is 17.2. The molecule has 0 radical (unpaired) electrons. The smallest absolute Gasteiger partial charge is 0.328 e. The van der Waals surface area contributed by atoms with E-state index in [1.54, 1.807) is 36.4 Å². The molecule has 0 spiro atoms. The molecule has 0 saturated heterocycles. The van der Waals surface area contributed by atoms with Gasteiger partial charge in [0.05, 0.1) is 20.1 Å². The minimum Gasteiger partial charge on any atom is -0.328 e. The number of halogens is 5. The van der Waals surface area contributed by atoms with Gasteiger partial charge >= 0.3 is 8.60 Å². The van der Waals surface area contributed by atoms with E-state index in [1.165, 1.54) is 0 Å². The predicted molar refractivity (Wildman–Crippen MR) is 96.6 cm³/mol. The van der Waals surface area contributed by atoms with Crippen LogP contribution in [0.5, 0.6) is 0 Å². The van der Waals surface area contributed by atoms with Gasteiger partial charge in [0.1, 0.15) is 0 Å². The summed E-state index contributed by atoms with van der Waals surface area (Å²) in [5.74, 6) is 0. The molecule has 3 nitrogen and oxygen atoms in total. The molecule has 2 aromatic rings. The molecule has 1 unspecified atom stereocenters. The standard InChI is InChI=1S/C14H10Cl5O3P/c15-10-5-1-3-8(12(10)17)7-14(19,22-23(20)21)9-4-2-6-11(16)13(9)18/h1-6,20-21H,7H2. The summed E-state index contributed by atoms with van der Waals surface area (Å²) in [6.45, 7) is 0. The number of rotatable bonds is 5. The van der Waals surface area contributed by atoms with Crippen molar-refractivity contribution in [2.45, 2.75) is 11.5 Å². The molecular weight excluding hydrogens is 424 g/mol. The maximum absolute atomic E-state index is 9.29. The van der Waals surface area contributed by atoms with Crippen molar-refractivity contribution >= 4 is 66.6 Å². The van der Waals surface area contributed by atoms with Crippen LogP contribution in [0.25, 0.3) is 0 Å². The van der Waals surface area contributed by atoms with Crippen molar-refractivity contribution in [3.05, 3.63) is 67.6 Å². The van der Waals surface area contributed by atoms with Gasteiger partial charge in [-0.15, -0.1) is 0 Å². The zero-order valence-corrected chi connectivity index (χ0v) is 16.0. The molecule has 0 bridgehead atoms. The largest absolute Gasteiger partial charge is 0.329 e. The average Bonchev–Trinajstić information content (AvgIpc) is 2.46. The lowest BCUT2D eigenvalue weighted by Gasteiger charge is -2.29. The molecule has 2 N–H and O–H groups in total. The fraction of sp³-hybridized carbons (Fsp3) is 0.143. The van der Waals surface area contributed by atoms with Crippen LogP contribution in [0.15, 0.2) is 36.4 Å². The molecule has 23 heavy (non-hydrogen) atoms. The van der Waals surface area contributed by atoms with E-state index in [-0.39, 0.29) is 16.5 Å². The Bertz CT molecular complexity index is 713.